The Labute approximate surface area is 117 Å². The second-order valence-corrected chi connectivity index (χ2v) is 5.11. The van der Waals surface area contributed by atoms with E-state index in [9.17, 15) is 15.0 Å². The molecule has 20 heavy (non-hydrogen) atoms. The second-order valence-electron chi connectivity index (χ2n) is 5.11. The number of hydrogen-bond donors (Lipinski definition) is 3. The first-order valence-electron chi connectivity index (χ1n) is 6.63. The molecular weight excluding hydrogens is 256 g/mol. The van der Waals surface area contributed by atoms with Crippen LogP contribution in [0.2, 0.25) is 0 Å². The zero-order chi connectivity index (χ0) is 15.0. The summed E-state index contributed by atoms with van der Waals surface area (Å²) in [5.41, 5.74) is 9.44. The van der Waals surface area contributed by atoms with Crippen molar-refractivity contribution < 1.29 is 15.0 Å². The number of nitrogens with zero attached hydrogens (tertiary/aromatic N) is 1. The normalized spacial score (nSPS) is 12.8. The van der Waals surface area contributed by atoms with Gasteiger partial charge in [0.15, 0.2) is 0 Å². The van der Waals surface area contributed by atoms with E-state index < -0.39 is 12.1 Å². The van der Waals surface area contributed by atoms with E-state index in [1.807, 2.05) is 13.8 Å². The lowest BCUT2D eigenvalue weighted by atomic mass is 10.0. The van der Waals surface area contributed by atoms with E-state index in [1.54, 1.807) is 19.1 Å². The van der Waals surface area contributed by atoms with Crippen molar-refractivity contribution in [1.29, 1.82) is 0 Å². The molecule has 1 aromatic heterocycles. The van der Waals surface area contributed by atoms with Crippen LogP contribution in [0.25, 0.3) is 10.9 Å². The quantitative estimate of drug-likeness (QED) is 0.796. The van der Waals surface area contributed by atoms with E-state index in [0.717, 1.165) is 27.7 Å². The predicted octanol–water partition coefficient (Wildman–Crippen LogP) is 1.97. The molecule has 4 N–H and O–H groups in total. The van der Waals surface area contributed by atoms with Crippen LogP contribution in [0.15, 0.2) is 12.1 Å². The zero-order valence-electron chi connectivity index (χ0n) is 12.0. The maximum Gasteiger partial charge on any atom is 0.335 e. The molecule has 108 valence electrons. The lowest BCUT2D eigenvalue weighted by Crippen LogP contribution is -2.11. The van der Waals surface area contributed by atoms with Gasteiger partial charge in [-0.15, -0.1) is 0 Å². The molecule has 2 rings (SSSR count). The first-order chi connectivity index (χ1) is 9.38. The third-order valence-corrected chi connectivity index (χ3v) is 3.67. The monoisotopic (exact) mass is 276 g/mol. The van der Waals surface area contributed by atoms with E-state index in [-0.39, 0.29) is 5.56 Å². The first-order valence-corrected chi connectivity index (χ1v) is 6.63. The fourth-order valence-corrected chi connectivity index (χ4v) is 2.91. The number of aryl methyl sites for hydroxylation is 1. The highest BCUT2D eigenvalue weighted by Crippen LogP contribution is 2.33. The molecule has 1 aromatic carbocycles. The van der Waals surface area contributed by atoms with E-state index >= 15 is 0 Å². The fraction of sp³-hybridized carbons (Fsp3) is 0.400. The average Bonchev–Trinajstić information content (AvgIpc) is 2.63. The minimum Gasteiger partial charge on any atom is -0.478 e. The van der Waals surface area contributed by atoms with Crippen LogP contribution >= 0.6 is 0 Å². The summed E-state index contributed by atoms with van der Waals surface area (Å²) >= 11 is 0. The number of aromatic nitrogens is 1. The SMILES string of the molecule is Cc1cc(C(=O)O)cc2c(C(C)O)c(C)n(CCN)c12. The molecule has 0 saturated heterocycles. The number of carbonyl (C=O) groups is 1. The van der Waals surface area contributed by atoms with Crippen molar-refractivity contribution in [2.45, 2.75) is 33.4 Å². The molecule has 0 amide bonds. The number of carboxylic acid groups (broad SMARTS) is 1. The lowest BCUT2D eigenvalue weighted by Gasteiger charge is -2.09. The summed E-state index contributed by atoms with van der Waals surface area (Å²) in [6.45, 7) is 6.63. The lowest BCUT2D eigenvalue weighted by molar-refractivity contribution is 0.0697. The Kier molecular flexibility index (Phi) is 3.83. The van der Waals surface area contributed by atoms with Crippen LogP contribution in [0.4, 0.5) is 0 Å². The summed E-state index contributed by atoms with van der Waals surface area (Å²) in [6, 6.07) is 3.29. The third-order valence-electron chi connectivity index (χ3n) is 3.67. The van der Waals surface area contributed by atoms with Crippen LogP contribution < -0.4 is 5.73 Å². The van der Waals surface area contributed by atoms with Crippen molar-refractivity contribution in [2.24, 2.45) is 5.73 Å². The predicted molar refractivity (Wildman–Crippen MR) is 78.1 cm³/mol. The second kappa shape index (κ2) is 5.26. The molecule has 0 aliphatic carbocycles. The Hall–Kier alpha value is -1.85. The number of benzene rings is 1. The molecular formula is C15H20N2O3. The maximum atomic E-state index is 11.2. The van der Waals surface area contributed by atoms with Crippen LogP contribution in [-0.4, -0.2) is 27.3 Å². The van der Waals surface area contributed by atoms with Gasteiger partial charge >= 0.3 is 5.97 Å². The summed E-state index contributed by atoms with van der Waals surface area (Å²) in [5.74, 6) is -0.962. The third kappa shape index (κ3) is 2.19. The highest BCUT2D eigenvalue weighted by molar-refractivity contribution is 5.97. The zero-order valence-corrected chi connectivity index (χ0v) is 12.0. The summed E-state index contributed by atoms with van der Waals surface area (Å²) in [5, 5.41) is 20.0. The molecule has 0 aliphatic heterocycles. The number of hydrogen-bond acceptors (Lipinski definition) is 3. The number of nitrogens with two attached hydrogens (primary N) is 1. The van der Waals surface area contributed by atoms with Crippen LogP contribution in [0.5, 0.6) is 0 Å². The highest BCUT2D eigenvalue weighted by Gasteiger charge is 2.20. The van der Waals surface area contributed by atoms with Crippen molar-refractivity contribution >= 4 is 16.9 Å². The van der Waals surface area contributed by atoms with Gasteiger partial charge in [0.05, 0.1) is 17.2 Å². The first kappa shape index (κ1) is 14.6. The van der Waals surface area contributed by atoms with Gasteiger partial charge in [-0.3, -0.25) is 0 Å². The van der Waals surface area contributed by atoms with Crippen molar-refractivity contribution in [2.75, 3.05) is 6.54 Å². The van der Waals surface area contributed by atoms with Gasteiger partial charge in [0, 0.05) is 29.7 Å². The average molecular weight is 276 g/mol. The molecule has 0 bridgehead atoms. The summed E-state index contributed by atoms with van der Waals surface area (Å²) in [7, 11) is 0. The number of rotatable bonds is 4. The largest absolute Gasteiger partial charge is 0.478 e. The van der Waals surface area contributed by atoms with Gasteiger partial charge in [0.1, 0.15) is 0 Å². The van der Waals surface area contributed by atoms with Gasteiger partial charge < -0.3 is 20.5 Å². The Morgan fingerprint density at radius 2 is 2.05 bits per heavy atom. The van der Waals surface area contributed by atoms with E-state index in [0.29, 0.717) is 13.1 Å². The molecule has 0 spiro atoms. The Bertz CT molecular complexity index is 672. The fourth-order valence-electron chi connectivity index (χ4n) is 2.91. The van der Waals surface area contributed by atoms with E-state index in [1.165, 1.54) is 0 Å². The van der Waals surface area contributed by atoms with E-state index in [4.69, 9.17) is 5.73 Å². The smallest absolute Gasteiger partial charge is 0.335 e. The van der Waals surface area contributed by atoms with Gasteiger partial charge in [-0.1, -0.05) is 0 Å². The Morgan fingerprint density at radius 3 is 2.55 bits per heavy atom. The van der Waals surface area contributed by atoms with Crippen LogP contribution in [0.3, 0.4) is 0 Å². The van der Waals surface area contributed by atoms with Crippen LogP contribution in [-0.2, 0) is 6.54 Å². The molecule has 1 unspecified atom stereocenters. The summed E-state index contributed by atoms with van der Waals surface area (Å²) < 4.78 is 2.05. The molecule has 2 aromatic rings. The minimum absolute atomic E-state index is 0.238. The molecule has 1 heterocycles. The number of carboxylic acids is 1. The van der Waals surface area contributed by atoms with Gasteiger partial charge in [-0.2, -0.15) is 0 Å². The van der Waals surface area contributed by atoms with Gasteiger partial charge in [-0.25, -0.2) is 4.79 Å². The van der Waals surface area contributed by atoms with Crippen molar-refractivity contribution in [1.82, 2.24) is 4.57 Å². The van der Waals surface area contributed by atoms with E-state index in [2.05, 4.69) is 4.57 Å². The van der Waals surface area contributed by atoms with Crippen LogP contribution in [0.1, 0.15) is 40.2 Å². The maximum absolute atomic E-state index is 11.2. The van der Waals surface area contributed by atoms with Crippen molar-refractivity contribution in [3.63, 3.8) is 0 Å². The standard InChI is InChI=1S/C15H20N2O3/c1-8-6-11(15(19)20)7-12-13(10(3)18)9(2)17(5-4-16)14(8)12/h6-7,10,18H,4-5,16H2,1-3H3,(H,19,20). The Morgan fingerprint density at radius 1 is 1.40 bits per heavy atom. The van der Waals surface area contributed by atoms with Gasteiger partial charge in [0.2, 0.25) is 0 Å². The minimum atomic E-state index is -0.962. The van der Waals surface area contributed by atoms with Gasteiger partial charge in [0.25, 0.3) is 0 Å². The highest BCUT2D eigenvalue weighted by atomic mass is 16.4. The van der Waals surface area contributed by atoms with Gasteiger partial charge in [-0.05, 0) is 38.5 Å². The number of fused-ring (bicyclic) bond motifs is 1. The van der Waals surface area contributed by atoms with Crippen molar-refractivity contribution in [3.8, 4) is 0 Å². The number of aromatic carboxylic acids is 1. The van der Waals surface area contributed by atoms with Crippen LogP contribution in [0, 0.1) is 13.8 Å². The summed E-state index contributed by atoms with van der Waals surface area (Å²) in [6.07, 6.45) is -0.653. The molecule has 0 aliphatic rings. The number of aliphatic hydroxyl groups excluding tert-OH is 1. The molecule has 0 fully saturated rings. The number of aliphatic hydroxyl groups is 1. The molecule has 0 radical (unpaired) electrons. The topological polar surface area (TPSA) is 88.5 Å². The summed E-state index contributed by atoms with van der Waals surface area (Å²) in [4.78, 5) is 11.2. The molecule has 0 saturated carbocycles. The molecule has 5 nitrogen and oxygen atoms in total. The molecule has 5 heteroatoms. The Balaban J connectivity index is 2.89. The van der Waals surface area contributed by atoms with Crippen molar-refractivity contribution in [3.05, 3.63) is 34.5 Å². The molecule has 1 atom stereocenters.